The van der Waals surface area contributed by atoms with E-state index in [1.807, 2.05) is 26.0 Å². The minimum atomic E-state index is -4.26. The average molecular weight is 289 g/mol. The maximum Gasteiger partial charge on any atom is 0.401 e. The van der Waals surface area contributed by atoms with E-state index >= 15 is 0 Å². The molecule has 0 aliphatic carbocycles. The Balaban J connectivity index is 2.82. The predicted octanol–water partition coefficient (Wildman–Crippen LogP) is 3.61. The topological polar surface area (TPSA) is 23.5 Å². The van der Waals surface area contributed by atoms with Crippen molar-refractivity contribution in [3.05, 3.63) is 34.9 Å². The summed E-state index contributed by atoms with van der Waals surface area (Å²) < 4.78 is 37.6. The molecule has 20 heavy (non-hydrogen) atoms. The fourth-order valence-corrected chi connectivity index (χ4v) is 2.21. The molecule has 0 spiro atoms. The van der Waals surface area contributed by atoms with Crippen LogP contribution in [-0.4, -0.2) is 35.3 Å². The number of aliphatic hydroxyl groups is 1. The highest BCUT2D eigenvalue weighted by Gasteiger charge is 2.32. The van der Waals surface area contributed by atoms with Crippen LogP contribution in [0.4, 0.5) is 13.2 Å². The molecule has 0 aromatic heterocycles. The summed E-state index contributed by atoms with van der Waals surface area (Å²) in [6, 6.07) is 5.27. The van der Waals surface area contributed by atoms with Crippen LogP contribution in [0.1, 0.15) is 36.6 Å². The molecule has 0 aliphatic heterocycles. The molecule has 1 unspecified atom stereocenters. The van der Waals surface area contributed by atoms with Gasteiger partial charge in [0.25, 0.3) is 0 Å². The Morgan fingerprint density at radius 1 is 1.20 bits per heavy atom. The van der Waals surface area contributed by atoms with Crippen molar-refractivity contribution in [2.24, 2.45) is 0 Å². The van der Waals surface area contributed by atoms with E-state index in [0.29, 0.717) is 5.56 Å². The molecule has 0 amide bonds. The van der Waals surface area contributed by atoms with Crippen molar-refractivity contribution in [2.45, 2.75) is 46.0 Å². The van der Waals surface area contributed by atoms with Gasteiger partial charge in [-0.2, -0.15) is 13.2 Å². The van der Waals surface area contributed by atoms with Crippen molar-refractivity contribution in [3.8, 4) is 0 Å². The zero-order valence-electron chi connectivity index (χ0n) is 12.3. The minimum Gasteiger partial charge on any atom is -0.387 e. The molecule has 1 atom stereocenters. The van der Waals surface area contributed by atoms with Crippen LogP contribution in [-0.2, 0) is 0 Å². The zero-order valence-corrected chi connectivity index (χ0v) is 12.3. The van der Waals surface area contributed by atoms with E-state index in [1.165, 1.54) is 4.90 Å². The van der Waals surface area contributed by atoms with Gasteiger partial charge in [0.05, 0.1) is 12.6 Å². The standard InChI is InChI=1S/C15H22F3NO/c1-10(2)19(9-15(16,17)18)8-14(20)13-6-5-11(3)7-12(13)4/h5-7,10,14,20H,8-9H2,1-4H3. The fraction of sp³-hybridized carbons (Fsp3) is 0.600. The summed E-state index contributed by atoms with van der Waals surface area (Å²) in [5, 5.41) is 10.2. The van der Waals surface area contributed by atoms with Gasteiger partial charge in [-0.05, 0) is 38.8 Å². The molecule has 0 bridgehead atoms. The third-order valence-electron chi connectivity index (χ3n) is 3.30. The number of rotatable bonds is 5. The van der Waals surface area contributed by atoms with Crippen LogP contribution in [0.15, 0.2) is 18.2 Å². The highest BCUT2D eigenvalue weighted by atomic mass is 19.4. The molecule has 1 rings (SSSR count). The third kappa shape index (κ3) is 5.13. The van der Waals surface area contributed by atoms with Crippen LogP contribution in [0.5, 0.6) is 0 Å². The Hall–Kier alpha value is -1.07. The molecule has 114 valence electrons. The number of aliphatic hydroxyl groups excluding tert-OH is 1. The first-order chi connectivity index (χ1) is 9.10. The van der Waals surface area contributed by atoms with Gasteiger partial charge in [0.2, 0.25) is 0 Å². The second kappa shape index (κ2) is 6.59. The number of aryl methyl sites for hydroxylation is 2. The first-order valence-electron chi connectivity index (χ1n) is 6.66. The van der Waals surface area contributed by atoms with Gasteiger partial charge in [-0.1, -0.05) is 23.8 Å². The third-order valence-corrected chi connectivity index (χ3v) is 3.30. The molecule has 5 heteroatoms. The van der Waals surface area contributed by atoms with E-state index in [0.717, 1.165) is 11.1 Å². The maximum absolute atomic E-state index is 12.5. The van der Waals surface area contributed by atoms with Crippen molar-refractivity contribution in [1.29, 1.82) is 0 Å². The van der Waals surface area contributed by atoms with E-state index in [2.05, 4.69) is 0 Å². The number of benzene rings is 1. The lowest BCUT2D eigenvalue weighted by atomic mass is 10.0. The van der Waals surface area contributed by atoms with Gasteiger partial charge >= 0.3 is 6.18 Å². The largest absolute Gasteiger partial charge is 0.401 e. The van der Waals surface area contributed by atoms with Crippen molar-refractivity contribution in [3.63, 3.8) is 0 Å². The predicted molar refractivity (Wildman–Crippen MR) is 73.6 cm³/mol. The van der Waals surface area contributed by atoms with Crippen LogP contribution >= 0.6 is 0 Å². The van der Waals surface area contributed by atoms with Gasteiger partial charge in [0.1, 0.15) is 0 Å². The Morgan fingerprint density at radius 2 is 1.80 bits per heavy atom. The van der Waals surface area contributed by atoms with Gasteiger partial charge < -0.3 is 5.11 Å². The molecule has 0 saturated carbocycles. The van der Waals surface area contributed by atoms with E-state index in [4.69, 9.17) is 0 Å². The summed E-state index contributed by atoms with van der Waals surface area (Å²) in [5.41, 5.74) is 2.64. The van der Waals surface area contributed by atoms with Gasteiger partial charge in [-0.3, -0.25) is 4.90 Å². The molecular weight excluding hydrogens is 267 g/mol. The molecule has 0 saturated heterocycles. The Kier molecular flexibility index (Phi) is 5.59. The molecule has 2 nitrogen and oxygen atoms in total. The molecule has 0 radical (unpaired) electrons. The highest BCUT2D eigenvalue weighted by molar-refractivity contribution is 5.32. The highest BCUT2D eigenvalue weighted by Crippen LogP contribution is 2.23. The normalized spacial score (nSPS) is 14.1. The number of halogens is 3. The van der Waals surface area contributed by atoms with Crippen molar-refractivity contribution in [2.75, 3.05) is 13.1 Å². The SMILES string of the molecule is Cc1ccc(C(O)CN(CC(F)(F)F)C(C)C)c(C)c1. The summed E-state index contributed by atoms with van der Waals surface area (Å²) >= 11 is 0. The lowest BCUT2D eigenvalue weighted by Crippen LogP contribution is -2.41. The van der Waals surface area contributed by atoms with Crippen LogP contribution in [0.25, 0.3) is 0 Å². The molecule has 1 N–H and O–H groups in total. The molecule has 0 heterocycles. The Labute approximate surface area is 118 Å². The van der Waals surface area contributed by atoms with Crippen molar-refractivity contribution >= 4 is 0 Å². The van der Waals surface area contributed by atoms with Crippen LogP contribution in [0.2, 0.25) is 0 Å². The second-order valence-electron chi connectivity index (χ2n) is 5.51. The second-order valence-corrected chi connectivity index (χ2v) is 5.51. The smallest absolute Gasteiger partial charge is 0.387 e. The quantitative estimate of drug-likeness (QED) is 0.895. The average Bonchev–Trinajstić information content (AvgIpc) is 2.25. The Bertz CT molecular complexity index is 443. The summed E-state index contributed by atoms with van der Waals surface area (Å²) in [6.45, 7) is 6.15. The summed E-state index contributed by atoms with van der Waals surface area (Å²) in [5.74, 6) is 0. The molecule has 0 aliphatic rings. The molecule has 1 aromatic carbocycles. The summed E-state index contributed by atoms with van der Waals surface area (Å²) in [6.07, 6.45) is -5.17. The van der Waals surface area contributed by atoms with E-state index in [-0.39, 0.29) is 12.6 Å². The van der Waals surface area contributed by atoms with Gasteiger partial charge in [0, 0.05) is 12.6 Å². The van der Waals surface area contributed by atoms with Crippen LogP contribution in [0, 0.1) is 13.8 Å². The number of hydrogen-bond donors (Lipinski definition) is 1. The van der Waals surface area contributed by atoms with Gasteiger partial charge in [-0.15, -0.1) is 0 Å². The lowest BCUT2D eigenvalue weighted by Gasteiger charge is -2.30. The van der Waals surface area contributed by atoms with Gasteiger partial charge in [-0.25, -0.2) is 0 Å². The minimum absolute atomic E-state index is 0.0267. The first kappa shape index (κ1) is 17.0. The maximum atomic E-state index is 12.5. The molecule has 1 aromatic rings. The van der Waals surface area contributed by atoms with Crippen molar-refractivity contribution < 1.29 is 18.3 Å². The fourth-order valence-electron chi connectivity index (χ4n) is 2.21. The van der Waals surface area contributed by atoms with Crippen LogP contribution < -0.4 is 0 Å². The van der Waals surface area contributed by atoms with Crippen LogP contribution in [0.3, 0.4) is 0 Å². The number of nitrogens with zero attached hydrogens (tertiary/aromatic N) is 1. The van der Waals surface area contributed by atoms with Crippen molar-refractivity contribution in [1.82, 2.24) is 4.90 Å². The number of hydrogen-bond acceptors (Lipinski definition) is 2. The Morgan fingerprint density at radius 3 is 2.25 bits per heavy atom. The first-order valence-corrected chi connectivity index (χ1v) is 6.66. The van der Waals surface area contributed by atoms with E-state index in [9.17, 15) is 18.3 Å². The van der Waals surface area contributed by atoms with E-state index < -0.39 is 18.8 Å². The lowest BCUT2D eigenvalue weighted by molar-refractivity contribution is -0.152. The molecule has 0 fully saturated rings. The van der Waals surface area contributed by atoms with Gasteiger partial charge in [0.15, 0.2) is 0 Å². The monoisotopic (exact) mass is 289 g/mol. The zero-order chi connectivity index (χ0) is 15.5. The summed E-state index contributed by atoms with van der Waals surface area (Å²) in [4.78, 5) is 1.24. The summed E-state index contributed by atoms with van der Waals surface area (Å²) in [7, 11) is 0. The van der Waals surface area contributed by atoms with E-state index in [1.54, 1.807) is 19.9 Å². The molecular formula is C15H22F3NO. The number of alkyl halides is 3.